The molecule has 0 spiro atoms. The first kappa shape index (κ1) is 8.66. The molecular formula is C9H9ClO3. The zero-order valence-corrected chi connectivity index (χ0v) is 7.84. The molecule has 0 bridgehead atoms. The molecule has 1 atom stereocenters. The maximum Gasteiger partial charge on any atom is 0.231 e. The summed E-state index contributed by atoms with van der Waals surface area (Å²) >= 11 is 5.98. The maximum absolute atomic E-state index is 9.35. The number of ether oxygens (including phenoxy) is 2. The fourth-order valence-corrected chi connectivity index (χ4v) is 1.64. The molecular weight excluding hydrogens is 192 g/mol. The summed E-state index contributed by atoms with van der Waals surface area (Å²) in [4.78, 5) is 0. The number of rotatable bonds is 1. The van der Waals surface area contributed by atoms with Crippen LogP contribution in [0.25, 0.3) is 0 Å². The fraction of sp³-hybridized carbons (Fsp3) is 0.333. The average molecular weight is 201 g/mol. The molecule has 0 aromatic heterocycles. The Kier molecular flexibility index (Phi) is 2.06. The Bertz CT molecular complexity index is 336. The molecule has 1 aromatic rings. The first-order valence-electron chi connectivity index (χ1n) is 3.96. The molecule has 1 heterocycles. The van der Waals surface area contributed by atoms with E-state index in [1.807, 2.05) is 0 Å². The van der Waals surface area contributed by atoms with Crippen LogP contribution in [0, 0.1) is 0 Å². The molecule has 1 aliphatic rings. The van der Waals surface area contributed by atoms with Gasteiger partial charge in [-0.15, -0.1) is 0 Å². The molecule has 1 aliphatic heterocycles. The van der Waals surface area contributed by atoms with Crippen molar-refractivity contribution in [3.63, 3.8) is 0 Å². The third-order valence-corrected chi connectivity index (χ3v) is 2.35. The minimum absolute atomic E-state index is 0.193. The summed E-state index contributed by atoms with van der Waals surface area (Å²) in [6, 6.07) is 3.48. The highest BCUT2D eigenvalue weighted by molar-refractivity contribution is 6.33. The second-order valence-electron chi connectivity index (χ2n) is 2.88. The number of aliphatic hydroxyl groups is 1. The summed E-state index contributed by atoms with van der Waals surface area (Å²) < 4.78 is 10.3. The first-order valence-corrected chi connectivity index (χ1v) is 4.34. The van der Waals surface area contributed by atoms with Crippen LogP contribution in [0.5, 0.6) is 11.5 Å². The SMILES string of the molecule is CC(O)c1ccc2c(c1Cl)OCO2. The number of benzene rings is 1. The van der Waals surface area contributed by atoms with Crippen molar-refractivity contribution in [2.45, 2.75) is 13.0 Å². The van der Waals surface area contributed by atoms with Gasteiger partial charge in [0.2, 0.25) is 6.79 Å². The van der Waals surface area contributed by atoms with Crippen LogP contribution in [-0.2, 0) is 0 Å². The van der Waals surface area contributed by atoms with Crippen LogP contribution in [0.2, 0.25) is 5.02 Å². The van der Waals surface area contributed by atoms with Gasteiger partial charge in [-0.2, -0.15) is 0 Å². The van der Waals surface area contributed by atoms with Gasteiger partial charge in [-0.05, 0) is 13.0 Å². The van der Waals surface area contributed by atoms with E-state index in [0.717, 1.165) is 0 Å². The third-order valence-electron chi connectivity index (χ3n) is 1.96. The van der Waals surface area contributed by atoms with Crippen molar-refractivity contribution in [1.82, 2.24) is 0 Å². The molecule has 0 amide bonds. The predicted molar refractivity (Wildman–Crippen MR) is 48.2 cm³/mol. The molecule has 2 rings (SSSR count). The van der Waals surface area contributed by atoms with Gasteiger partial charge in [0.15, 0.2) is 11.5 Å². The van der Waals surface area contributed by atoms with E-state index in [2.05, 4.69) is 0 Å². The average Bonchev–Trinajstić information content (AvgIpc) is 2.52. The quantitative estimate of drug-likeness (QED) is 0.755. The van der Waals surface area contributed by atoms with Gasteiger partial charge in [-0.3, -0.25) is 0 Å². The van der Waals surface area contributed by atoms with E-state index in [1.54, 1.807) is 19.1 Å². The number of hydrogen-bond donors (Lipinski definition) is 1. The lowest BCUT2D eigenvalue weighted by Crippen LogP contribution is -1.94. The third kappa shape index (κ3) is 1.34. The monoisotopic (exact) mass is 200 g/mol. The lowest BCUT2D eigenvalue weighted by atomic mass is 10.1. The molecule has 1 aromatic carbocycles. The summed E-state index contributed by atoms with van der Waals surface area (Å²) in [5.74, 6) is 1.16. The molecule has 70 valence electrons. The van der Waals surface area contributed by atoms with Gasteiger partial charge < -0.3 is 14.6 Å². The van der Waals surface area contributed by atoms with E-state index < -0.39 is 6.10 Å². The molecule has 1 N–H and O–H groups in total. The lowest BCUT2D eigenvalue weighted by molar-refractivity contribution is 0.173. The highest BCUT2D eigenvalue weighted by atomic mass is 35.5. The molecule has 3 nitrogen and oxygen atoms in total. The van der Waals surface area contributed by atoms with Gasteiger partial charge in [0, 0.05) is 5.56 Å². The summed E-state index contributed by atoms with van der Waals surface area (Å²) in [6.45, 7) is 1.85. The minimum atomic E-state index is -0.595. The largest absolute Gasteiger partial charge is 0.454 e. The number of hydrogen-bond acceptors (Lipinski definition) is 3. The van der Waals surface area contributed by atoms with Crippen molar-refractivity contribution < 1.29 is 14.6 Å². The Hall–Kier alpha value is -0.930. The zero-order chi connectivity index (χ0) is 9.42. The van der Waals surface area contributed by atoms with Gasteiger partial charge in [-0.1, -0.05) is 17.7 Å². The lowest BCUT2D eigenvalue weighted by Gasteiger charge is -2.08. The van der Waals surface area contributed by atoms with Gasteiger partial charge in [0.1, 0.15) is 0 Å². The van der Waals surface area contributed by atoms with Gasteiger partial charge in [-0.25, -0.2) is 0 Å². The molecule has 0 aliphatic carbocycles. The second kappa shape index (κ2) is 3.09. The summed E-state index contributed by atoms with van der Waals surface area (Å²) in [7, 11) is 0. The van der Waals surface area contributed by atoms with E-state index in [-0.39, 0.29) is 6.79 Å². The number of fused-ring (bicyclic) bond motifs is 1. The molecule has 0 radical (unpaired) electrons. The van der Waals surface area contributed by atoms with Crippen molar-refractivity contribution in [3.8, 4) is 11.5 Å². The Morgan fingerprint density at radius 3 is 2.92 bits per heavy atom. The van der Waals surface area contributed by atoms with E-state index in [9.17, 15) is 5.11 Å². The van der Waals surface area contributed by atoms with Crippen LogP contribution in [0.15, 0.2) is 12.1 Å². The Labute approximate surface area is 80.8 Å². The highest BCUT2D eigenvalue weighted by Gasteiger charge is 2.20. The summed E-state index contributed by atoms with van der Waals surface area (Å²) in [6.07, 6.45) is -0.595. The second-order valence-corrected chi connectivity index (χ2v) is 3.26. The van der Waals surface area contributed by atoms with Crippen molar-refractivity contribution in [2.24, 2.45) is 0 Å². The van der Waals surface area contributed by atoms with Crippen LogP contribution < -0.4 is 9.47 Å². The normalized spacial score (nSPS) is 15.9. The van der Waals surface area contributed by atoms with Crippen molar-refractivity contribution in [3.05, 3.63) is 22.7 Å². The minimum Gasteiger partial charge on any atom is -0.454 e. The van der Waals surface area contributed by atoms with Crippen LogP contribution >= 0.6 is 11.6 Å². The molecule has 13 heavy (non-hydrogen) atoms. The molecule has 1 unspecified atom stereocenters. The standard InChI is InChI=1S/C9H9ClO3/c1-5(11)6-2-3-7-9(8(6)10)13-4-12-7/h2-3,5,11H,4H2,1H3. The summed E-state index contributed by atoms with van der Waals surface area (Å²) in [5.41, 5.74) is 0.658. The maximum atomic E-state index is 9.35. The molecule has 0 saturated carbocycles. The van der Waals surface area contributed by atoms with E-state index >= 15 is 0 Å². The fourth-order valence-electron chi connectivity index (χ4n) is 1.28. The Morgan fingerprint density at radius 2 is 2.23 bits per heavy atom. The van der Waals surface area contributed by atoms with E-state index in [1.165, 1.54) is 0 Å². The first-order chi connectivity index (χ1) is 6.20. The molecule has 0 saturated heterocycles. The van der Waals surface area contributed by atoms with E-state index in [4.69, 9.17) is 21.1 Å². The van der Waals surface area contributed by atoms with Crippen molar-refractivity contribution in [2.75, 3.05) is 6.79 Å². The number of aliphatic hydroxyl groups excluding tert-OH is 1. The Morgan fingerprint density at radius 1 is 1.46 bits per heavy atom. The molecule has 0 fully saturated rings. The van der Waals surface area contributed by atoms with Crippen molar-refractivity contribution in [1.29, 1.82) is 0 Å². The van der Waals surface area contributed by atoms with Crippen LogP contribution in [-0.4, -0.2) is 11.9 Å². The van der Waals surface area contributed by atoms with Crippen LogP contribution in [0.4, 0.5) is 0 Å². The number of halogens is 1. The molecule has 4 heteroatoms. The smallest absolute Gasteiger partial charge is 0.231 e. The highest BCUT2D eigenvalue weighted by Crippen LogP contribution is 2.42. The summed E-state index contributed by atoms with van der Waals surface area (Å²) in [5, 5.41) is 9.79. The zero-order valence-electron chi connectivity index (χ0n) is 7.08. The van der Waals surface area contributed by atoms with Crippen LogP contribution in [0.3, 0.4) is 0 Å². The Balaban J connectivity index is 2.52. The van der Waals surface area contributed by atoms with E-state index in [0.29, 0.717) is 22.1 Å². The van der Waals surface area contributed by atoms with Crippen LogP contribution in [0.1, 0.15) is 18.6 Å². The van der Waals surface area contributed by atoms with Gasteiger partial charge in [0.05, 0.1) is 11.1 Å². The van der Waals surface area contributed by atoms with Gasteiger partial charge in [0.25, 0.3) is 0 Å². The van der Waals surface area contributed by atoms with Crippen molar-refractivity contribution >= 4 is 11.6 Å². The van der Waals surface area contributed by atoms with Gasteiger partial charge >= 0.3 is 0 Å². The predicted octanol–water partition coefficient (Wildman–Crippen LogP) is 2.12. The topological polar surface area (TPSA) is 38.7 Å².